The van der Waals surface area contributed by atoms with Crippen molar-refractivity contribution in [1.29, 1.82) is 0 Å². The lowest BCUT2D eigenvalue weighted by Gasteiger charge is -2.09. The minimum Gasteiger partial charge on any atom is -0.497 e. The van der Waals surface area contributed by atoms with Gasteiger partial charge in [0.25, 0.3) is 0 Å². The van der Waals surface area contributed by atoms with E-state index in [4.69, 9.17) is 4.74 Å². The molecule has 0 spiro atoms. The molecule has 2 heterocycles. The normalized spacial score (nSPS) is 11.6. The Labute approximate surface area is 158 Å². The Balaban J connectivity index is 1.71. The monoisotopic (exact) mass is 384 g/mol. The summed E-state index contributed by atoms with van der Waals surface area (Å²) < 4.78 is 45.8. The number of alkyl halides is 3. The Morgan fingerprint density at radius 2 is 1.71 bits per heavy atom. The number of anilines is 2. The van der Waals surface area contributed by atoms with E-state index >= 15 is 0 Å². The minimum absolute atomic E-state index is 0.338. The van der Waals surface area contributed by atoms with Gasteiger partial charge < -0.3 is 10.1 Å². The quantitative estimate of drug-likeness (QED) is 0.528. The number of hydrogen-bond donors (Lipinski definition) is 1. The van der Waals surface area contributed by atoms with E-state index in [-0.39, 0.29) is 0 Å². The maximum absolute atomic E-state index is 13.0. The number of nitrogens with zero attached hydrogens (tertiary/aromatic N) is 3. The van der Waals surface area contributed by atoms with Crippen LogP contribution >= 0.6 is 0 Å². The van der Waals surface area contributed by atoms with Crippen molar-refractivity contribution in [2.45, 2.75) is 6.18 Å². The highest BCUT2D eigenvalue weighted by Crippen LogP contribution is 2.32. The highest BCUT2D eigenvalue weighted by atomic mass is 19.4. The molecule has 0 bridgehead atoms. The molecule has 0 fully saturated rings. The summed E-state index contributed by atoms with van der Waals surface area (Å²) >= 11 is 0. The first-order chi connectivity index (χ1) is 13.4. The van der Waals surface area contributed by atoms with Crippen molar-refractivity contribution in [3.8, 4) is 17.0 Å². The number of methoxy groups -OCH3 is 1. The molecule has 2 aromatic heterocycles. The first-order valence-electron chi connectivity index (χ1n) is 8.38. The molecule has 1 N–H and O–H groups in total. The van der Waals surface area contributed by atoms with Crippen molar-refractivity contribution in [2.75, 3.05) is 12.4 Å². The van der Waals surface area contributed by atoms with Crippen LogP contribution in [0.25, 0.3) is 16.9 Å². The van der Waals surface area contributed by atoms with Crippen LogP contribution in [0.15, 0.2) is 66.7 Å². The van der Waals surface area contributed by atoms with Crippen LogP contribution in [0.1, 0.15) is 5.56 Å². The molecule has 0 unspecified atom stereocenters. The van der Waals surface area contributed by atoms with Gasteiger partial charge in [-0.2, -0.15) is 18.2 Å². The maximum atomic E-state index is 13.0. The lowest BCUT2D eigenvalue weighted by molar-refractivity contribution is -0.137. The fourth-order valence-corrected chi connectivity index (χ4v) is 2.84. The molecule has 0 radical (unpaired) electrons. The largest absolute Gasteiger partial charge is 0.497 e. The molecule has 5 nitrogen and oxygen atoms in total. The maximum Gasteiger partial charge on any atom is 0.416 e. The molecule has 0 aliphatic rings. The molecule has 2 aromatic carbocycles. The Bertz CT molecular complexity index is 1120. The summed E-state index contributed by atoms with van der Waals surface area (Å²) in [6.07, 6.45) is -4.41. The minimum atomic E-state index is -4.41. The first-order valence-corrected chi connectivity index (χ1v) is 8.38. The Morgan fingerprint density at radius 1 is 0.964 bits per heavy atom. The summed E-state index contributed by atoms with van der Waals surface area (Å²) in [7, 11) is 1.58. The third-order valence-corrected chi connectivity index (χ3v) is 4.19. The van der Waals surface area contributed by atoms with Gasteiger partial charge in [-0.05, 0) is 48.5 Å². The molecule has 4 aromatic rings. The average molecular weight is 384 g/mol. The number of nitrogens with one attached hydrogen (secondary N) is 1. The zero-order chi connectivity index (χ0) is 19.7. The molecular weight excluding hydrogens is 369 g/mol. The van der Waals surface area contributed by atoms with Crippen LogP contribution < -0.4 is 10.1 Å². The molecule has 28 heavy (non-hydrogen) atoms. The molecule has 8 heteroatoms. The lowest BCUT2D eigenvalue weighted by Crippen LogP contribution is -2.05. The molecule has 4 rings (SSSR count). The van der Waals surface area contributed by atoms with Crippen molar-refractivity contribution < 1.29 is 17.9 Å². The summed E-state index contributed by atoms with van der Waals surface area (Å²) in [6.45, 7) is 0. The van der Waals surface area contributed by atoms with E-state index in [1.54, 1.807) is 43.5 Å². The third kappa shape index (κ3) is 3.48. The molecule has 142 valence electrons. The molecule has 0 aliphatic carbocycles. The summed E-state index contributed by atoms with van der Waals surface area (Å²) in [4.78, 5) is 4.40. The van der Waals surface area contributed by atoms with E-state index < -0.39 is 11.7 Å². The molecule has 0 saturated heterocycles. The first kappa shape index (κ1) is 17.8. The molecule has 0 atom stereocenters. The fraction of sp³-hybridized carbons (Fsp3) is 0.100. The van der Waals surface area contributed by atoms with Gasteiger partial charge >= 0.3 is 6.18 Å². The Hall–Kier alpha value is -3.55. The van der Waals surface area contributed by atoms with Gasteiger partial charge in [-0.15, -0.1) is 5.10 Å². The molecule has 0 saturated carbocycles. The van der Waals surface area contributed by atoms with Crippen molar-refractivity contribution in [3.05, 3.63) is 72.3 Å². The summed E-state index contributed by atoms with van der Waals surface area (Å²) in [5.41, 5.74) is 1.49. The van der Waals surface area contributed by atoms with Gasteiger partial charge in [0.2, 0.25) is 5.95 Å². The van der Waals surface area contributed by atoms with Crippen LogP contribution in [0.4, 0.5) is 24.8 Å². The van der Waals surface area contributed by atoms with Gasteiger partial charge in [0.15, 0.2) is 5.65 Å². The number of ether oxygens (including phenoxy) is 1. The number of hydrogen-bond acceptors (Lipinski definition) is 4. The third-order valence-electron chi connectivity index (χ3n) is 4.19. The fourth-order valence-electron chi connectivity index (χ4n) is 2.84. The number of benzene rings is 2. The summed E-state index contributed by atoms with van der Waals surface area (Å²) in [5.74, 6) is 1.06. The van der Waals surface area contributed by atoms with Crippen LogP contribution in [0, 0.1) is 0 Å². The zero-order valence-electron chi connectivity index (χ0n) is 14.7. The standard InChI is InChI=1S/C20H15F3N4O/c1-28-16-10-8-15(9-11-16)24-19-25-18-7-3-6-17(27(18)26-19)13-4-2-5-14(12-13)20(21,22)23/h2-12H,1H3,(H,24,26). The van der Waals surface area contributed by atoms with E-state index in [2.05, 4.69) is 15.4 Å². The van der Waals surface area contributed by atoms with Crippen LogP contribution in [0.3, 0.4) is 0 Å². The SMILES string of the molecule is COc1ccc(Nc2nc3cccc(-c4cccc(C(F)(F)F)c4)n3n2)cc1. The van der Waals surface area contributed by atoms with Gasteiger partial charge in [-0.3, -0.25) is 0 Å². The highest BCUT2D eigenvalue weighted by Gasteiger charge is 2.30. The zero-order valence-corrected chi connectivity index (χ0v) is 14.7. The topological polar surface area (TPSA) is 51.5 Å². The van der Waals surface area contributed by atoms with E-state index in [1.165, 1.54) is 10.6 Å². The van der Waals surface area contributed by atoms with Gasteiger partial charge in [-0.25, -0.2) is 4.52 Å². The van der Waals surface area contributed by atoms with Gasteiger partial charge in [0.05, 0.1) is 18.4 Å². The predicted octanol–water partition coefficient (Wildman–Crippen LogP) is 5.17. The van der Waals surface area contributed by atoms with Gasteiger partial charge in [-0.1, -0.05) is 18.2 Å². The van der Waals surface area contributed by atoms with Crippen LogP contribution in [-0.2, 0) is 6.18 Å². The lowest BCUT2D eigenvalue weighted by atomic mass is 10.1. The van der Waals surface area contributed by atoms with Crippen molar-refractivity contribution in [3.63, 3.8) is 0 Å². The van der Waals surface area contributed by atoms with E-state index in [0.717, 1.165) is 23.6 Å². The molecule has 0 aliphatic heterocycles. The second kappa shape index (κ2) is 6.88. The van der Waals surface area contributed by atoms with Gasteiger partial charge in [0.1, 0.15) is 5.75 Å². The second-order valence-corrected chi connectivity index (χ2v) is 6.05. The van der Waals surface area contributed by atoms with E-state index in [1.807, 2.05) is 12.1 Å². The summed E-state index contributed by atoms with van der Waals surface area (Å²) in [5, 5.41) is 7.48. The van der Waals surface area contributed by atoms with Crippen LogP contribution in [-0.4, -0.2) is 21.7 Å². The number of fused-ring (bicyclic) bond motifs is 1. The smallest absolute Gasteiger partial charge is 0.416 e. The van der Waals surface area contributed by atoms with Crippen molar-refractivity contribution in [2.24, 2.45) is 0 Å². The Morgan fingerprint density at radius 3 is 2.43 bits per heavy atom. The number of aromatic nitrogens is 3. The highest BCUT2D eigenvalue weighted by molar-refractivity contribution is 5.65. The molecular formula is C20H15F3N4O. The van der Waals surface area contributed by atoms with Crippen molar-refractivity contribution in [1.82, 2.24) is 14.6 Å². The molecule has 0 amide bonds. The number of rotatable bonds is 4. The van der Waals surface area contributed by atoms with Crippen molar-refractivity contribution >= 4 is 17.3 Å². The predicted molar refractivity (Wildman–Crippen MR) is 99.7 cm³/mol. The number of halogens is 3. The summed E-state index contributed by atoms with van der Waals surface area (Å²) in [6, 6.07) is 17.5. The van der Waals surface area contributed by atoms with E-state index in [0.29, 0.717) is 22.9 Å². The second-order valence-electron chi connectivity index (χ2n) is 6.05. The van der Waals surface area contributed by atoms with Crippen LogP contribution in [0.2, 0.25) is 0 Å². The van der Waals surface area contributed by atoms with Crippen LogP contribution in [0.5, 0.6) is 5.75 Å². The average Bonchev–Trinajstić information content (AvgIpc) is 3.10. The Kier molecular flexibility index (Phi) is 4.38. The van der Waals surface area contributed by atoms with E-state index in [9.17, 15) is 13.2 Å². The van der Waals surface area contributed by atoms with Gasteiger partial charge in [0, 0.05) is 11.3 Å². The number of pyridine rings is 1.